The number of aliphatic hydroxyl groups is 1. The van der Waals surface area contributed by atoms with Crippen LogP contribution < -0.4 is 16.4 Å². The summed E-state index contributed by atoms with van der Waals surface area (Å²) in [5.74, 6) is -1.23. The smallest absolute Gasteiger partial charge is 0.246 e. The lowest BCUT2D eigenvalue weighted by atomic mass is 9.84. The molecule has 0 radical (unpaired) electrons. The summed E-state index contributed by atoms with van der Waals surface area (Å²) in [7, 11) is 0. The molecular formula is C26H37N5O4S. The van der Waals surface area contributed by atoms with Crippen LogP contribution in [0.5, 0.6) is 0 Å². The average Bonchev–Trinajstić information content (AvgIpc) is 3.37. The third-order valence-electron chi connectivity index (χ3n) is 6.61. The summed E-state index contributed by atoms with van der Waals surface area (Å²) in [6, 6.07) is 6.19. The van der Waals surface area contributed by atoms with Crippen LogP contribution in [0.2, 0.25) is 0 Å². The minimum Gasteiger partial charge on any atom is -0.391 e. The minimum absolute atomic E-state index is 0.00623. The van der Waals surface area contributed by atoms with E-state index >= 15 is 0 Å². The number of likely N-dealkylation sites (tertiary alicyclic amines) is 1. The van der Waals surface area contributed by atoms with Crippen molar-refractivity contribution in [2.45, 2.75) is 78.2 Å². The zero-order valence-electron chi connectivity index (χ0n) is 21.8. The lowest BCUT2D eigenvalue weighted by molar-refractivity contribution is -0.148. The highest BCUT2D eigenvalue weighted by atomic mass is 32.1. The first kappa shape index (κ1) is 27.8. The number of thiazole rings is 1. The maximum atomic E-state index is 13.6. The quantitative estimate of drug-likeness (QED) is 0.445. The van der Waals surface area contributed by atoms with E-state index in [2.05, 4.69) is 15.6 Å². The van der Waals surface area contributed by atoms with E-state index < -0.39 is 41.0 Å². The van der Waals surface area contributed by atoms with Gasteiger partial charge in [-0.3, -0.25) is 14.4 Å². The number of rotatable bonds is 7. The number of hydrogen-bond acceptors (Lipinski definition) is 7. The third kappa shape index (κ3) is 5.93. The van der Waals surface area contributed by atoms with Gasteiger partial charge in [0.05, 0.1) is 28.2 Å². The topological polar surface area (TPSA) is 138 Å². The maximum absolute atomic E-state index is 13.6. The zero-order valence-corrected chi connectivity index (χ0v) is 22.6. The van der Waals surface area contributed by atoms with E-state index in [1.807, 2.05) is 57.5 Å². The Labute approximate surface area is 216 Å². The molecule has 0 spiro atoms. The molecular weight excluding hydrogens is 478 g/mol. The Kier molecular flexibility index (Phi) is 8.22. The molecule has 0 aliphatic carbocycles. The van der Waals surface area contributed by atoms with E-state index in [0.29, 0.717) is 0 Å². The summed E-state index contributed by atoms with van der Waals surface area (Å²) in [6.45, 7) is 10.9. The molecule has 36 heavy (non-hydrogen) atoms. The summed E-state index contributed by atoms with van der Waals surface area (Å²) in [5.41, 5.74) is 8.56. The molecule has 1 aromatic heterocycles. The number of aromatic nitrogens is 1. The third-order valence-corrected chi connectivity index (χ3v) is 7.58. The Morgan fingerprint density at radius 3 is 2.44 bits per heavy atom. The summed E-state index contributed by atoms with van der Waals surface area (Å²) in [5, 5.41) is 16.1. The number of nitrogens with two attached hydrogens (primary N) is 1. The highest BCUT2D eigenvalue weighted by Gasteiger charge is 2.52. The molecule has 4 atom stereocenters. The van der Waals surface area contributed by atoms with Crippen LogP contribution in [-0.4, -0.2) is 63.0 Å². The van der Waals surface area contributed by atoms with Gasteiger partial charge in [0.15, 0.2) is 0 Å². The van der Waals surface area contributed by atoms with Gasteiger partial charge in [0.1, 0.15) is 11.6 Å². The first-order valence-electron chi connectivity index (χ1n) is 12.1. The van der Waals surface area contributed by atoms with Crippen molar-refractivity contribution in [3.8, 4) is 10.4 Å². The molecule has 1 aliphatic rings. The molecule has 196 valence electrons. The number of benzene rings is 1. The first-order valence-corrected chi connectivity index (χ1v) is 12.9. The summed E-state index contributed by atoms with van der Waals surface area (Å²) in [6.07, 6.45) is -0.747. The van der Waals surface area contributed by atoms with Gasteiger partial charge in [-0.1, -0.05) is 45.0 Å². The molecule has 1 aromatic carbocycles. The Bertz CT molecular complexity index is 1110. The lowest BCUT2D eigenvalue weighted by Crippen LogP contribution is -2.63. The molecule has 5 N–H and O–H groups in total. The number of hydrogen-bond donors (Lipinski definition) is 4. The van der Waals surface area contributed by atoms with Crippen LogP contribution in [0, 0.1) is 12.3 Å². The number of nitrogens with one attached hydrogen (secondary N) is 2. The van der Waals surface area contributed by atoms with Crippen molar-refractivity contribution in [1.29, 1.82) is 0 Å². The predicted molar refractivity (Wildman–Crippen MR) is 140 cm³/mol. The molecule has 1 saturated heterocycles. The van der Waals surface area contributed by atoms with Gasteiger partial charge in [-0.15, -0.1) is 11.3 Å². The number of aliphatic hydroxyl groups excluding tert-OH is 1. The number of β-amino-alcohol motifs (C(OH)–C–C–N with tert-alkyl or cyclic N) is 1. The van der Waals surface area contributed by atoms with Crippen molar-refractivity contribution >= 4 is 29.1 Å². The number of nitrogens with zero attached hydrogens (tertiary/aromatic N) is 2. The van der Waals surface area contributed by atoms with Crippen LogP contribution in [0.1, 0.15) is 52.3 Å². The van der Waals surface area contributed by atoms with Gasteiger partial charge in [0.2, 0.25) is 17.7 Å². The first-order chi connectivity index (χ1) is 16.7. The number of aryl methyl sites for hydroxylation is 1. The van der Waals surface area contributed by atoms with E-state index in [4.69, 9.17) is 5.73 Å². The van der Waals surface area contributed by atoms with Crippen LogP contribution in [0.4, 0.5) is 0 Å². The van der Waals surface area contributed by atoms with Gasteiger partial charge in [0.25, 0.3) is 0 Å². The predicted octanol–water partition coefficient (Wildman–Crippen LogP) is 1.96. The second-order valence-corrected chi connectivity index (χ2v) is 11.7. The van der Waals surface area contributed by atoms with E-state index in [9.17, 15) is 19.5 Å². The second kappa shape index (κ2) is 10.7. The van der Waals surface area contributed by atoms with Crippen molar-refractivity contribution in [2.75, 3.05) is 6.54 Å². The van der Waals surface area contributed by atoms with Crippen molar-refractivity contribution in [3.05, 3.63) is 41.0 Å². The molecule has 1 fully saturated rings. The number of amides is 3. The van der Waals surface area contributed by atoms with Gasteiger partial charge in [-0.05, 0) is 37.3 Å². The normalized spacial score (nSPS) is 21.7. The zero-order chi connectivity index (χ0) is 26.8. The van der Waals surface area contributed by atoms with E-state index in [1.54, 1.807) is 25.2 Å². The van der Waals surface area contributed by atoms with E-state index in [0.717, 1.165) is 21.7 Å². The summed E-state index contributed by atoms with van der Waals surface area (Å²) >= 11 is 1.58. The maximum Gasteiger partial charge on any atom is 0.246 e. The number of carbonyl (C=O) groups is 3. The Balaban J connectivity index is 1.74. The van der Waals surface area contributed by atoms with Gasteiger partial charge in [-0.2, -0.15) is 0 Å². The van der Waals surface area contributed by atoms with E-state index in [1.165, 1.54) is 4.90 Å². The SMILES string of the molecule is Cc1ncsc1-c1ccc(CNC(=O)[C@]2(C)C[C@@H](O)CN2C(=O)[C@@H](NC(=O)[C@H](C)N)C(C)(C)C)cc1. The van der Waals surface area contributed by atoms with Crippen LogP contribution >= 0.6 is 11.3 Å². The molecule has 9 nitrogen and oxygen atoms in total. The highest BCUT2D eigenvalue weighted by Crippen LogP contribution is 2.33. The number of carbonyl (C=O) groups excluding carboxylic acids is 3. The van der Waals surface area contributed by atoms with E-state index in [-0.39, 0.29) is 25.4 Å². The molecule has 10 heteroatoms. The highest BCUT2D eigenvalue weighted by molar-refractivity contribution is 7.13. The fourth-order valence-corrected chi connectivity index (χ4v) is 5.21. The van der Waals surface area contributed by atoms with Crippen molar-refractivity contribution in [2.24, 2.45) is 11.1 Å². The Morgan fingerprint density at radius 2 is 1.92 bits per heavy atom. The standard InChI is InChI=1S/C26H37N5O4S/c1-15(27)22(33)30-21(25(3,4)5)23(34)31-13-19(32)11-26(31,6)24(35)28-12-17-7-9-18(10-8-17)20-16(2)29-14-36-20/h7-10,14-15,19,21,32H,11-13,27H2,1-6H3,(H,28,35)(H,30,33)/t15-,19+,21+,26-/m0/s1. The van der Waals surface area contributed by atoms with Crippen LogP contribution in [-0.2, 0) is 20.9 Å². The molecule has 0 bridgehead atoms. The summed E-state index contributed by atoms with van der Waals surface area (Å²) in [4.78, 5) is 46.1. The molecule has 1 aliphatic heterocycles. The van der Waals surface area contributed by atoms with Gasteiger partial charge in [0, 0.05) is 19.5 Å². The molecule has 0 unspecified atom stereocenters. The van der Waals surface area contributed by atoms with Crippen molar-refractivity contribution in [1.82, 2.24) is 20.5 Å². The van der Waals surface area contributed by atoms with Crippen LogP contribution in [0.3, 0.4) is 0 Å². The fourth-order valence-electron chi connectivity index (χ4n) is 4.40. The lowest BCUT2D eigenvalue weighted by Gasteiger charge is -2.39. The Morgan fingerprint density at radius 1 is 1.28 bits per heavy atom. The monoisotopic (exact) mass is 515 g/mol. The van der Waals surface area contributed by atoms with Crippen molar-refractivity contribution in [3.63, 3.8) is 0 Å². The average molecular weight is 516 g/mol. The van der Waals surface area contributed by atoms with Gasteiger partial charge in [-0.25, -0.2) is 4.98 Å². The molecule has 3 amide bonds. The largest absolute Gasteiger partial charge is 0.391 e. The minimum atomic E-state index is -1.27. The van der Waals surface area contributed by atoms with Crippen LogP contribution in [0.15, 0.2) is 29.8 Å². The van der Waals surface area contributed by atoms with Gasteiger partial charge < -0.3 is 26.4 Å². The fraction of sp³-hybridized carbons (Fsp3) is 0.538. The second-order valence-electron chi connectivity index (χ2n) is 10.8. The Hall–Kier alpha value is -2.82. The molecule has 2 aromatic rings. The van der Waals surface area contributed by atoms with Crippen LogP contribution in [0.25, 0.3) is 10.4 Å². The molecule has 2 heterocycles. The molecule has 0 saturated carbocycles. The van der Waals surface area contributed by atoms with Crippen molar-refractivity contribution < 1.29 is 19.5 Å². The summed E-state index contributed by atoms with van der Waals surface area (Å²) < 4.78 is 0. The molecule has 3 rings (SSSR count). The van der Waals surface area contributed by atoms with Gasteiger partial charge >= 0.3 is 0 Å².